The van der Waals surface area contributed by atoms with Crippen molar-refractivity contribution < 1.29 is 4.21 Å². The van der Waals surface area contributed by atoms with Crippen LogP contribution in [-0.4, -0.2) is 43.8 Å². The van der Waals surface area contributed by atoms with Gasteiger partial charge in [0.05, 0.1) is 5.69 Å². The van der Waals surface area contributed by atoms with Crippen LogP contribution in [0.4, 0.5) is 5.69 Å². The van der Waals surface area contributed by atoms with Gasteiger partial charge < -0.3 is 0 Å². The van der Waals surface area contributed by atoms with E-state index in [2.05, 4.69) is 57.1 Å². The highest BCUT2D eigenvalue weighted by Crippen LogP contribution is 2.29. The van der Waals surface area contributed by atoms with Crippen molar-refractivity contribution >= 4 is 37.4 Å². The summed E-state index contributed by atoms with van der Waals surface area (Å²) in [7, 11) is -2.40. The predicted molar refractivity (Wildman–Crippen MR) is 130 cm³/mol. The summed E-state index contributed by atoms with van der Waals surface area (Å²) in [5.41, 5.74) is 3.91. The third-order valence-electron chi connectivity index (χ3n) is 6.05. The fourth-order valence-corrected chi connectivity index (χ4v) is 6.52. The molecule has 0 aromatic carbocycles. The van der Waals surface area contributed by atoms with Crippen LogP contribution in [0.25, 0.3) is 0 Å². The Kier molecular flexibility index (Phi) is 7.99. The van der Waals surface area contributed by atoms with Gasteiger partial charge >= 0.3 is 0 Å². The average molecular weight is 481 g/mol. The lowest BCUT2D eigenvalue weighted by atomic mass is 9.90. The fourth-order valence-electron chi connectivity index (χ4n) is 4.13. The Bertz CT molecular complexity index is 835. The molecule has 0 spiro atoms. The third-order valence-corrected chi connectivity index (χ3v) is 8.94. The van der Waals surface area contributed by atoms with Crippen molar-refractivity contribution in [1.82, 2.24) is 9.29 Å². The molecule has 1 aliphatic carbocycles. The average Bonchev–Trinajstić information content (AvgIpc) is 3.00. The lowest BCUT2D eigenvalue weighted by molar-refractivity contribution is 0.421. The van der Waals surface area contributed by atoms with Crippen molar-refractivity contribution in [3.8, 4) is 0 Å². The summed E-state index contributed by atoms with van der Waals surface area (Å²) in [6, 6.07) is 3.82. The van der Waals surface area contributed by atoms with Gasteiger partial charge in [0.2, 0.25) is 0 Å². The number of pyridine rings is 1. The Morgan fingerprint density at radius 1 is 1.28 bits per heavy atom. The van der Waals surface area contributed by atoms with Gasteiger partial charge in [-0.25, -0.2) is 8.51 Å². The first-order valence-electron chi connectivity index (χ1n) is 10.7. The molecule has 29 heavy (non-hydrogen) atoms. The minimum Gasteiger partial charge on any atom is -0.286 e. The van der Waals surface area contributed by atoms with E-state index >= 15 is 0 Å². The fraction of sp³-hybridized carbons (Fsp3) is 0.565. The van der Waals surface area contributed by atoms with Gasteiger partial charge in [-0.2, -0.15) is 0 Å². The van der Waals surface area contributed by atoms with E-state index in [0.717, 1.165) is 44.1 Å². The van der Waals surface area contributed by atoms with E-state index in [1.54, 1.807) is 12.4 Å². The SMILES string of the molecule is C=S1(=O)N(CCCCC(C)CCC2=CC(Br)CC=C2C)CCN1c1ccncc1. The summed E-state index contributed by atoms with van der Waals surface area (Å²) in [4.78, 5) is 4.55. The molecule has 1 saturated heterocycles. The minimum absolute atomic E-state index is 0.501. The molecular formula is C23H34BrN3OS. The van der Waals surface area contributed by atoms with Crippen molar-refractivity contribution in [3.63, 3.8) is 0 Å². The first kappa shape index (κ1) is 22.6. The van der Waals surface area contributed by atoms with Gasteiger partial charge in [0.15, 0.2) is 0 Å². The molecule has 1 aromatic heterocycles. The predicted octanol–water partition coefficient (Wildman–Crippen LogP) is 5.38. The summed E-state index contributed by atoms with van der Waals surface area (Å²) in [5, 5.41) is 0. The minimum atomic E-state index is -2.40. The van der Waals surface area contributed by atoms with Crippen LogP contribution in [0, 0.1) is 5.92 Å². The number of alkyl halides is 1. The van der Waals surface area contributed by atoms with Gasteiger partial charge in [0.25, 0.3) is 0 Å². The molecule has 1 aromatic rings. The maximum atomic E-state index is 13.2. The molecule has 0 radical (unpaired) electrons. The number of hydrogen-bond acceptors (Lipinski definition) is 2. The highest BCUT2D eigenvalue weighted by atomic mass is 79.9. The molecule has 4 nitrogen and oxygen atoms in total. The quantitative estimate of drug-likeness (QED) is 0.271. The van der Waals surface area contributed by atoms with Gasteiger partial charge in [-0.15, -0.1) is 0 Å². The molecule has 3 atom stereocenters. The van der Waals surface area contributed by atoms with Crippen molar-refractivity contribution in [2.24, 2.45) is 5.92 Å². The Labute approximate surface area is 185 Å². The maximum Gasteiger partial charge on any atom is 0.112 e. The Morgan fingerprint density at radius 2 is 2.03 bits per heavy atom. The molecular weight excluding hydrogens is 446 g/mol. The van der Waals surface area contributed by atoms with Crippen LogP contribution < -0.4 is 4.31 Å². The van der Waals surface area contributed by atoms with E-state index in [4.69, 9.17) is 0 Å². The van der Waals surface area contributed by atoms with Gasteiger partial charge in [0, 0.05) is 36.9 Å². The monoisotopic (exact) mass is 479 g/mol. The second-order valence-electron chi connectivity index (χ2n) is 8.31. The Morgan fingerprint density at radius 3 is 2.79 bits per heavy atom. The summed E-state index contributed by atoms with van der Waals surface area (Å²) in [5.74, 6) is 4.78. The van der Waals surface area contributed by atoms with Crippen LogP contribution in [0.2, 0.25) is 0 Å². The maximum absolute atomic E-state index is 13.2. The molecule has 0 N–H and O–H groups in total. The van der Waals surface area contributed by atoms with E-state index in [1.807, 2.05) is 16.4 Å². The van der Waals surface area contributed by atoms with Gasteiger partial charge in [-0.3, -0.25) is 9.29 Å². The van der Waals surface area contributed by atoms with Gasteiger partial charge in [0.1, 0.15) is 9.89 Å². The Balaban J connectivity index is 1.39. The topological polar surface area (TPSA) is 36.4 Å². The van der Waals surface area contributed by atoms with Gasteiger partial charge in [-0.1, -0.05) is 53.4 Å². The lowest BCUT2D eigenvalue weighted by Crippen LogP contribution is -2.33. The van der Waals surface area contributed by atoms with Crippen LogP contribution in [0.3, 0.4) is 0 Å². The zero-order chi connectivity index (χ0) is 20.9. The van der Waals surface area contributed by atoms with E-state index in [0.29, 0.717) is 4.83 Å². The first-order valence-corrected chi connectivity index (χ1v) is 13.3. The Hall–Kier alpha value is -1.11. The molecule has 0 saturated carbocycles. The molecule has 0 amide bonds. The number of aromatic nitrogens is 1. The van der Waals surface area contributed by atoms with Crippen LogP contribution in [0.5, 0.6) is 0 Å². The van der Waals surface area contributed by atoms with Crippen molar-refractivity contribution in [3.05, 3.63) is 47.8 Å². The summed E-state index contributed by atoms with van der Waals surface area (Å²) >= 11 is 3.71. The smallest absolute Gasteiger partial charge is 0.112 e. The summed E-state index contributed by atoms with van der Waals surface area (Å²) < 4.78 is 17.2. The largest absolute Gasteiger partial charge is 0.286 e. The number of rotatable bonds is 9. The van der Waals surface area contributed by atoms with Crippen LogP contribution in [0.15, 0.2) is 47.8 Å². The number of allylic oxidation sites excluding steroid dienone is 4. The molecule has 3 unspecified atom stereocenters. The molecule has 160 valence electrons. The molecule has 0 bridgehead atoms. The van der Waals surface area contributed by atoms with Crippen molar-refractivity contribution in [2.45, 2.75) is 57.2 Å². The van der Waals surface area contributed by atoms with E-state index < -0.39 is 9.89 Å². The van der Waals surface area contributed by atoms with Crippen LogP contribution in [-0.2, 0) is 9.89 Å². The zero-order valence-corrected chi connectivity index (χ0v) is 20.1. The molecule has 2 heterocycles. The number of nitrogens with zero attached hydrogens (tertiary/aromatic N) is 3. The van der Waals surface area contributed by atoms with E-state index in [-0.39, 0.29) is 0 Å². The van der Waals surface area contributed by atoms with Crippen molar-refractivity contribution in [1.29, 1.82) is 0 Å². The number of halogens is 1. The molecule has 3 rings (SSSR count). The third kappa shape index (κ3) is 5.96. The number of hydrogen-bond donors (Lipinski definition) is 0. The van der Waals surface area contributed by atoms with Gasteiger partial charge in [-0.05, 0) is 62.1 Å². The first-order chi connectivity index (χ1) is 13.9. The normalized spacial score (nSPS) is 26.3. The second kappa shape index (κ2) is 10.3. The highest BCUT2D eigenvalue weighted by Gasteiger charge is 2.30. The number of unbranched alkanes of at least 4 members (excludes halogenated alkanes) is 1. The molecule has 1 aliphatic heterocycles. The number of anilines is 1. The summed E-state index contributed by atoms with van der Waals surface area (Å²) in [6.07, 6.45) is 15.2. The van der Waals surface area contributed by atoms with E-state index in [9.17, 15) is 4.21 Å². The highest BCUT2D eigenvalue weighted by molar-refractivity contribution is 9.09. The van der Waals surface area contributed by atoms with Crippen LogP contribution >= 0.6 is 15.9 Å². The van der Waals surface area contributed by atoms with E-state index in [1.165, 1.54) is 36.8 Å². The molecule has 2 aliphatic rings. The molecule has 1 fully saturated rings. The zero-order valence-electron chi connectivity index (χ0n) is 17.7. The summed E-state index contributed by atoms with van der Waals surface area (Å²) in [6.45, 7) is 7.03. The standard InChI is InChI=1S/C23H34BrN3OS/c1-19(7-9-21-18-22(24)10-8-20(21)2)6-4-5-15-26-16-17-27(29(26,3)28)23-11-13-25-14-12-23/h8,11-14,18-19,22H,3-7,9-10,15-17H2,1-2H3. The van der Waals surface area contributed by atoms with Crippen LogP contribution in [0.1, 0.15) is 52.4 Å². The second-order valence-corrected chi connectivity index (χ2v) is 11.7. The lowest BCUT2D eigenvalue weighted by Gasteiger charge is -2.25. The molecule has 6 heteroatoms. The van der Waals surface area contributed by atoms with Crippen molar-refractivity contribution in [2.75, 3.05) is 23.9 Å².